The highest BCUT2D eigenvalue weighted by Gasteiger charge is 2.17. The van der Waals surface area contributed by atoms with Crippen LogP contribution in [0.15, 0.2) is 23.6 Å². The summed E-state index contributed by atoms with van der Waals surface area (Å²) in [5.74, 6) is 1.69. The third-order valence-electron chi connectivity index (χ3n) is 3.31. The number of rotatable bonds is 3. The second kappa shape index (κ2) is 5.16. The lowest BCUT2D eigenvalue weighted by molar-refractivity contribution is 0.561. The molecule has 0 amide bonds. The van der Waals surface area contributed by atoms with E-state index in [1.165, 1.54) is 11.3 Å². The highest BCUT2D eigenvalue weighted by molar-refractivity contribution is 7.13. The van der Waals surface area contributed by atoms with Crippen LogP contribution in [0.2, 0.25) is 0 Å². The van der Waals surface area contributed by atoms with Gasteiger partial charge in [-0.15, -0.1) is 11.3 Å². The molecule has 18 heavy (non-hydrogen) atoms. The number of aromatic nitrogens is 2. The summed E-state index contributed by atoms with van der Waals surface area (Å²) in [4.78, 5) is 10.5. The van der Waals surface area contributed by atoms with E-state index in [4.69, 9.17) is 4.98 Å². The lowest BCUT2D eigenvalue weighted by atomic mass is 10.0. The first kappa shape index (κ1) is 11.8. The topological polar surface area (TPSA) is 37.8 Å². The Balaban J connectivity index is 1.86. The number of nitrogens with one attached hydrogen (secondary N) is 1. The standard InChI is InChI=1S/C14H17N3S/c1-10-7-12(13-3-2-6-18-13)17-14(16-10)8-11-4-5-15-9-11/h2-3,6-7,11,15H,4-5,8-9H2,1H3. The van der Waals surface area contributed by atoms with Crippen LogP contribution in [-0.2, 0) is 6.42 Å². The molecule has 0 aliphatic carbocycles. The fourth-order valence-corrected chi connectivity index (χ4v) is 3.10. The summed E-state index contributed by atoms with van der Waals surface area (Å²) >= 11 is 1.73. The predicted molar refractivity (Wildman–Crippen MR) is 74.8 cm³/mol. The van der Waals surface area contributed by atoms with Crippen molar-refractivity contribution in [2.75, 3.05) is 13.1 Å². The van der Waals surface area contributed by atoms with Crippen molar-refractivity contribution in [2.45, 2.75) is 19.8 Å². The Kier molecular flexibility index (Phi) is 3.39. The highest BCUT2D eigenvalue weighted by atomic mass is 32.1. The lowest BCUT2D eigenvalue weighted by Gasteiger charge is -2.08. The van der Waals surface area contributed by atoms with E-state index in [0.29, 0.717) is 5.92 Å². The molecule has 0 aromatic carbocycles. The van der Waals surface area contributed by atoms with Gasteiger partial charge in [-0.05, 0) is 49.9 Å². The van der Waals surface area contributed by atoms with Gasteiger partial charge in [0.15, 0.2) is 0 Å². The van der Waals surface area contributed by atoms with E-state index in [2.05, 4.69) is 40.8 Å². The van der Waals surface area contributed by atoms with Crippen LogP contribution in [0.5, 0.6) is 0 Å². The van der Waals surface area contributed by atoms with E-state index in [9.17, 15) is 0 Å². The van der Waals surface area contributed by atoms with Crippen molar-refractivity contribution in [1.82, 2.24) is 15.3 Å². The molecule has 1 unspecified atom stereocenters. The number of nitrogens with zero attached hydrogens (tertiary/aromatic N) is 2. The number of hydrogen-bond acceptors (Lipinski definition) is 4. The number of thiophene rings is 1. The van der Waals surface area contributed by atoms with Crippen molar-refractivity contribution >= 4 is 11.3 Å². The van der Waals surface area contributed by atoms with Gasteiger partial charge < -0.3 is 5.32 Å². The summed E-state index contributed by atoms with van der Waals surface area (Å²) in [5.41, 5.74) is 2.13. The Hall–Kier alpha value is -1.26. The monoisotopic (exact) mass is 259 g/mol. The zero-order valence-electron chi connectivity index (χ0n) is 10.5. The molecule has 1 aliphatic rings. The van der Waals surface area contributed by atoms with Crippen molar-refractivity contribution in [3.63, 3.8) is 0 Å². The average Bonchev–Trinajstić information content (AvgIpc) is 3.00. The van der Waals surface area contributed by atoms with E-state index >= 15 is 0 Å². The van der Waals surface area contributed by atoms with Crippen molar-refractivity contribution in [3.8, 4) is 10.6 Å². The Morgan fingerprint density at radius 1 is 1.44 bits per heavy atom. The normalized spacial score (nSPS) is 19.3. The summed E-state index contributed by atoms with van der Waals surface area (Å²) in [6.07, 6.45) is 2.23. The smallest absolute Gasteiger partial charge is 0.129 e. The van der Waals surface area contributed by atoms with Gasteiger partial charge in [0.1, 0.15) is 5.82 Å². The van der Waals surface area contributed by atoms with Gasteiger partial charge in [-0.1, -0.05) is 6.07 Å². The average molecular weight is 259 g/mol. The number of hydrogen-bond donors (Lipinski definition) is 1. The van der Waals surface area contributed by atoms with Crippen LogP contribution in [-0.4, -0.2) is 23.1 Å². The van der Waals surface area contributed by atoms with Crippen LogP contribution in [0, 0.1) is 12.8 Å². The third-order valence-corrected chi connectivity index (χ3v) is 4.20. The largest absolute Gasteiger partial charge is 0.316 e. The van der Waals surface area contributed by atoms with E-state index < -0.39 is 0 Å². The minimum Gasteiger partial charge on any atom is -0.316 e. The predicted octanol–water partition coefficient (Wildman–Crippen LogP) is 2.67. The van der Waals surface area contributed by atoms with Gasteiger partial charge in [-0.3, -0.25) is 0 Å². The first-order chi connectivity index (χ1) is 8.81. The van der Waals surface area contributed by atoms with Gasteiger partial charge in [-0.25, -0.2) is 9.97 Å². The molecule has 0 radical (unpaired) electrons. The van der Waals surface area contributed by atoms with Gasteiger partial charge >= 0.3 is 0 Å². The summed E-state index contributed by atoms with van der Waals surface area (Å²) in [7, 11) is 0. The molecular formula is C14H17N3S. The van der Waals surface area contributed by atoms with Gasteiger partial charge in [0.25, 0.3) is 0 Å². The van der Waals surface area contributed by atoms with Crippen molar-refractivity contribution in [2.24, 2.45) is 5.92 Å². The second-order valence-corrected chi connectivity index (χ2v) is 5.80. The third kappa shape index (κ3) is 2.60. The van der Waals surface area contributed by atoms with E-state index in [0.717, 1.165) is 36.7 Å². The molecule has 4 heteroatoms. The summed E-state index contributed by atoms with van der Waals surface area (Å²) < 4.78 is 0. The minimum atomic E-state index is 0.697. The summed E-state index contributed by atoms with van der Waals surface area (Å²) in [5, 5.41) is 5.49. The van der Waals surface area contributed by atoms with E-state index in [1.54, 1.807) is 11.3 Å². The first-order valence-corrected chi connectivity index (χ1v) is 7.28. The molecule has 3 nitrogen and oxygen atoms in total. The molecule has 94 valence electrons. The molecule has 2 aromatic heterocycles. The zero-order chi connectivity index (χ0) is 12.4. The quantitative estimate of drug-likeness (QED) is 0.921. The van der Waals surface area contributed by atoms with Gasteiger partial charge in [0.2, 0.25) is 0 Å². The maximum atomic E-state index is 4.71. The molecule has 1 N–H and O–H groups in total. The maximum absolute atomic E-state index is 4.71. The first-order valence-electron chi connectivity index (χ1n) is 6.40. The Morgan fingerprint density at radius 2 is 2.39 bits per heavy atom. The maximum Gasteiger partial charge on any atom is 0.129 e. The van der Waals surface area contributed by atoms with Crippen molar-refractivity contribution in [1.29, 1.82) is 0 Å². The summed E-state index contributed by atoms with van der Waals surface area (Å²) in [6.45, 7) is 4.29. The second-order valence-electron chi connectivity index (χ2n) is 4.85. The molecule has 1 aliphatic heterocycles. The summed E-state index contributed by atoms with van der Waals surface area (Å²) in [6, 6.07) is 6.26. The van der Waals surface area contributed by atoms with Crippen LogP contribution in [0.4, 0.5) is 0 Å². The van der Waals surface area contributed by atoms with Crippen molar-refractivity contribution in [3.05, 3.63) is 35.1 Å². The Labute approximate surface area is 111 Å². The minimum absolute atomic E-state index is 0.697. The lowest BCUT2D eigenvalue weighted by Crippen LogP contribution is -2.12. The van der Waals surface area contributed by atoms with Gasteiger partial charge in [-0.2, -0.15) is 0 Å². The Morgan fingerprint density at radius 3 is 3.11 bits per heavy atom. The molecule has 3 heterocycles. The van der Waals surface area contributed by atoms with E-state index in [-0.39, 0.29) is 0 Å². The van der Waals surface area contributed by atoms with Crippen LogP contribution in [0.25, 0.3) is 10.6 Å². The Bertz CT molecular complexity index is 516. The molecule has 1 atom stereocenters. The molecule has 0 bridgehead atoms. The van der Waals surface area contributed by atoms with Gasteiger partial charge in [0.05, 0.1) is 10.6 Å². The molecule has 1 saturated heterocycles. The zero-order valence-corrected chi connectivity index (χ0v) is 11.3. The molecule has 2 aromatic rings. The van der Waals surface area contributed by atoms with Crippen molar-refractivity contribution < 1.29 is 0 Å². The van der Waals surface area contributed by atoms with Crippen LogP contribution in [0.1, 0.15) is 17.9 Å². The fraction of sp³-hybridized carbons (Fsp3) is 0.429. The van der Waals surface area contributed by atoms with Crippen LogP contribution < -0.4 is 5.32 Å². The molecule has 0 spiro atoms. The SMILES string of the molecule is Cc1cc(-c2cccs2)nc(CC2CCNC2)n1. The van der Waals surface area contributed by atoms with Crippen LogP contribution in [0.3, 0.4) is 0 Å². The highest BCUT2D eigenvalue weighted by Crippen LogP contribution is 2.24. The molecule has 0 saturated carbocycles. The molecule has 3 rings (SSSR count). The van der Waals surface area contributed by atoms with Gasteiger partial charge in [0, 0.05) is 12.1 Å². The fourth-order valence-electron chi connectivity index (χ4n) is 2.42. The number of aryl methyl sites for hydroxylation is 1. The van der Waals surface area contributed by atoms with Crippen LogP contribution >= 0.6 is 11.3 Å². The molecular weight excluding hydrogens is 242 g/mol. The molecule has 1 fully saturated rings. The van der Waals surface area contributed by atoms with E-state index in [1.807, 2.05) is 0 Å².